The summed E-state index contributed by atoms with van der Waals surface area (Å²) in [5, 5.41) is 4.52. The zero-order chi connectivity index (χ0) is 20.0. The molecule has 1 fully saturated rings. The van der Waals surface area contributed by atoms with E-state index < -0.39 is 5.79 Å². The van der Waals surface area contributed by atoms with Crippen LogP contribution in [-0.2, 0) is 22.4 Å². The third-order valence-electron chi connectivity index (χ3n) is 5.66. The predicted molar refractivity (Wildman–Crippen MR) is 106 cm³/mol. The van der Waals surface area contributed by atoms with Crippen LogP contribution in [0, 0.1) is 25.7 Å². The van der Waals surface area contributed by atoms with Crippen molar-refractivity contribution in [1.29, 1.82) is 0 Å². The van der Waals surface area contributed by atoms with Crippen molar-refractivity contribution in [2.45, 2.75) is 45.4 Å². The Kier molecular flexibility index (Phi) is 4.26. The molecule has 7 heteroatoms. The van der Waals surface area contributed by atoms with Crippen molar-refractivity contribution in [3.63, 3.8) is 0 Å². The zero-order valence-corrected chi connectivity index (χ0v) is 16.4. The standard InChI is InChI=1S/C22H21N3O4/c1-14-17(15(2)29-24-14)5-3-16-4-6-18-19(13-16)23-20-7-8-22(27-11-12-28-22)9-10-25(20)21(18)26/h4,6,13H,7-12H2,1-2H3. The van der Waals surface area contributed by atoms with E-state index in [1.54, 1.807) is 10.6 Å². The maximum Gasteiger partial charge on any atom is 0.261 e. The number of ether oxygens (including phenoxy) is 2. The third-order valence-corrected chi connectivity index (χ3v) is 5.66. The van der Waals surface area contributed by atoms with E-state index in [1.165, 1.54) is 0 Å². The first-order valence-electron chi connectivity index (χ1n) is 9.81. The molecule has 2 aliphatic heterocycles. The highest BCUT2D eigenvalue weighted by Gasteiger charge is 2.38. The lowest BCUT2D eigenvalue weighted by atomic mass is 10.1. The van der Waals surface area contributed by atoms with Gasteiger partial charge in [-0.25, -0.2) is 4.98 Å². The molecule has 0 aliphatic carbocycles. The van der Waals surface area contributed by atoms with Crippen LogP contribution in [0.2, 0.25) is 0 Å². The molecule has 1 saturated heterocycles. The summed E-state index contributed by atoms with van der Waals surface area (Å²) in [7, 11) is 0. The molecule has 2 aliphatic rings. The van der Waals surface area contributed by atoms with Crippen LogP contribution in [0.1, 0.15) is 41.2 Å². The molecule has 2 aromatic heterocycles. The van der Waals surface area contributed by atoms with Gasteiger partial charge in [0.05, 0.1) is 35.4 Å². The van der Waals surface area contributed by atoms with Crippen molar-refractivity contribution in [1.82, 2.24) is 14.7 Å². The number of aromatic nitrogens is 3. The number of benzene rings is 1. The Labute approximate surface area is 167 Å². The fourth-order valence-electron chi connectivity index (χ4n) is 4.06. The van der Waals surface area contributed by atoms with Gasteiger partial charge in [0.2, 0.25) is 0 Å². The molecule has 29 heavy (non-hydrogen) atoms. The second-order valence-corrected chi connectivity index (χ2v) is 7.52. The molecule has 148 valence electrons. The molecule has 0 amide bonds. The second-order valence-electron chi connectivity index (χ2n) is 7.52. The minimum atomic E-state index is -0.572. The summed E-state index contributed by atoms with van der Waals surface area (Å²) in [6.45, 7) is 5.46. The van der Waals surface area contributed by atoms with E-state index in [0.29, 0.717) is 55.7 Å². The molecule has 5 rings (SSSR count). The smallest absolute Gasteiger partial charge is 0.261 e. The van der Waals surface area contributed by atoms with E-state index in [-0.39, 0.29) is 5.56 Å². The van der Waals surface area contributed by atoms with E-state index in [9.17, 15) is 4.79 Å². The number of hydrogen-bond donors (Lipinski definition) is 0. The SMILES string of the molecule is Cc1noc(C)c1C#Cc1ccc2c(=O)n3c(nc2c1)CCC1(CC3)OCCO1. The molecule has 4 heterocycles. The van der Waals surface area contributed by atoms with Gasteiger partial charge in [-0.05, 0) is 32.0 Å². The molecule has 7 nitrogen and oxygen atoms in total. The van der Waals surface area contributed by atoms with Gasteiger partial charge in [0.25, 0.3) is 5.56 Å². The minimum Gasteiger partial charge on any atom is -0.360 e. The Morgan fingerprint density at radius 1 is 1.14 bits per heavy atom. The first kappa shape index (κ1) is 18.1. The van der Waals surface area contributed by atoms with Crippen LogP contribution in [0.4, 0.5) is 0 Å². The van der Waals surface area contributed by atoms with Gasteiger partial charge >= 0.3 is 0 Å². The Hall–Kier alpha value is -2.95. The molecule has 0 atom stereocenters. The highest BCUT2D eigenvalue weighted by Crippen LogP contribution is 2.31. The van der Waals surface area contributed by atoms with E-state index in [2.05, 4.69) is 17.0 Å². The van der Waals surface area contributed by atoms with Gasteiger partial charge in [-0.3, -0.25) is 9.36 Å². The molecular weight excluding hydrogens is 370 g/mol. The maximum absolute atomic E-state index is 13.1. The summed E-state index contributed by atoms with van der Waals surface area (Å²) in [6, 6.07) is 5.52. The summed E-state index contributed by atoms with van der Waals surface area (Å²) in [4.78, 5) is 17.8. The van der Waals surface area contributed by atoms with Gasteiger partial charge in [-0.15, -0.1) is 0 Å². The van der Waals surface area contributed by atoms with Crippen LogP contribution >= 0.6 is 0 Å². The predicted octanol–water partition coefficient (Wildman–Crippen LogP) is 2.48. The quantitative estimate of drug-likeness (QED) is 0.548. The maximum atomic E-state index is 13.1. The number of nitrogens with zero attached hydrogens (tertiary/aromatic N) is 3. The average Bonchev–Trinajstić information content (AvgIpc) is 3.25. The molecule has 0 unspecified atom stereocenters. The topological polar surface area (TPSA) is 79.4 Å². The Morgan fingerprint density at radius 3 is 2.72 bits per heavy atom. The summed E-state index contributed by atoms with van der Waals surface area (Å²) >= 11 is 0. The largest absolute Gasteiger partial charge is 0.360 e. The van der Waals surface area contributed by atoms with Crippen molar-refractivity contribution >= 4 is 10.9 Å². The van der Waals surface area contributed by atoms with Crippen LogP contribution in [0.15, 0.2) is 27.5 Å². The van der Waals surface area contributed by atoms with Crippen molar-refractivity contribution in [3.05, 3.63) is 57.0 Å². The monoisotopic (exact) mass is 391 g/mol. The molecule has 0 saturated carbocycles. The molecule has 1 spiro atoms. The third kappa shape index (κ3) is 3.15. The first-order valence-corrected chi connectivity index (χ1v) is 9.81. The number of hydrogen-bond acceptors (Lipinski definition) is 6. The van der Waals surface area contributed by atoms with E-state index in [1.807, 2.05) is 26.0 Å². The van der Waals surface area contributed by atoms with Crippen LogP contribution in [0.5, 0.6) is 0 Å². The number of fused-ring (bicyclic) bond motifs is 2. The molecular formula is C22H21N3O4. The summed E-state index contributed by atoms with van der Waals surface area (Å²) in [6.07, 6.45) is 2.00. The lowest BCUT2D eigenvalue weighted by Gasteiger charge is -2.24. The van der Waals surface area contributed by atoms with Crippen LogP contribution < -0.4 is 5.56 Å². The van der Waals surface area contributed by atoms with E-state index in [4.69, 9.17) is 19.0 Å². The van der Waals surface area contributed by atoms with Crippen molar-refractivity contribution in [3.8, 4) is 11.8 Å². The fraction of sp³-hybridized carbons (Fsp3) is 0.409. The molecule has 1 aromatic carbocycles. The highest BCUT2D eigenvalue weighted by atomic mass is 16.7. The summed E-state index contributed by atoms with van der Waals surface area (Å²) < 4.78 is 18.6. The second kappa shape index (κ2) is 6.83. The van der Waals surface area contributed by atoms with Gasteiger partial charge in [0.1, 0.15) is 11.6 Å². The molecule has 0 N–H and O–H groups in total. The lowest BCUT2D eigenvalue weighted by molar-refractivity contribution is -0.165. The lowest BCUT2D eigenvalue weighted by Crippen LogP contribution is -2.31. The van der Waals surface area contributed by atoms with Gasteiger partial charge < -0.3 is 14.0 Å². The molecule has 0 bridgehead atoms. The van der Waals surface area contributed by atoms with Crippen LogP contribution in [0.3, 0.4) is 0 Å². The minimum absolute atomic E-state index is 0.0229. The fourth-order valence-corrected chi connectivity index (χ4v) is 4.06. The van der Waals surface area contributed by atoms with Crippen molar-refractivity contribution < 1.29 is 14.0 Å². The molecule has 3 aromatic rings. The van der Waals surface area contributed by atoms with Gasteiger partial charge in [-0.2, -0.15) is 0 Å². The van der Waals surface area contributed by atoms with Gasteiger partial charge in [0.15, 0.2) is 5.79 Å². The van der Waals surface area contributed by atoms with E-state index in [0.717, 1.165) is 22.6 Å². The van der Waals surface area contributed by atoms with Crippen LogP contribution in [0.25, 0.3) is 10.9 Å². The summed E-state index contributed by atoms with van der Waals surface area (Å²) in [5.74, 6) is 7.14. The average molecular weight is 391 g/mol. The van der Waals surface area contributed by atoms with Gasteiger partial charge in [0, 0.05) is 31.4 Å². The number of rotatable bonds is 0. The van der Waals surface area contributed by atoms with Crippen molar-refractivity contribution in [2.24, 2.45) is 0 Å². The number of aryl methyl sites for hydroxylation is 3. The highest BCUT2D eigenvalue weighted by molar-refractivity contribution is 5.79. The Balaban J connectivity index is 1.53. The van der Waals surface area contributed by atoms with Crippen molar-refractivity contribution in [2.75, 3.05) is 13.2 Å². The Morgan fingerprint density at radius 2 is 1.97 bits per heavy atom. The van der Waals surface area contributed by atoms with Gasteiger partial charge in [-0.1, -0.05) is 17.0 Å². The van der Waals surface area contributed by atoms with Crippen LogP contribution in [-0.4, -0.2) is 33.7 Å². The van der Waals surface area contributed by atoms with E-state index >= 15 is 0 Å². The Bertz CT molecular complexity index is 1200. The first-order chi connectivity index (χ1) is 14.0. The summed E-state index contributed by atoms with van der Waals surface area (Å²) in [5.41, 5.74) is 2.99. The molecule has 0 radical (unpaired) electrons. The zero-order valence-electron chi connectivity index (χ0n) is 16.4. The normalized spacial score (nSPS) is 17.7.